The predicted molar refractivity (Wildman–Crippen MR) is 83.3 cm³/mol. The van der Waals surface area contributed by atoms with Crippen LogP contribution in [0, 0.1) is 6.92 Å². The van der Waals surface area contributed by atoms with Gasteiger partial charge in [-0.05, 0) is 60.1 Å². The summed E-state index contributed by atoms with van der Waals surface area (Å²) in [4.78, 5) is 0. The number of allylic oxidation sites excluding steroid dienone is 1. The summed E-state index contributed by atoms with van der Waals surface area (Å²) < 4.78 is 0. The highest BCUT2D eigenvalue weighted by atomic mass is 14.2. The number of hydrogen-bond donors (Lipinski definition) is 0. The molecule has 96 valence electrons. The first-order chi connectivity index (χ1) is 9.20. The van der Waals surface area contributed by atoms with Crippen LogP contribution >= 0.6 is 0 Å². The molecule has 0 amide bonds. The average Bonchev–Trinajstić information content (AvgIpc) is 2.78. The highest BCUT2D eigenvalue weighted by Gasteiger charge is 2.18. The van der Waals surface area contributed by atoms with Crippen molar-refractivity contribution in [1.82, 2.24) is 0 Å². The van der Waals surface area contributed by atoms with E-state index in [2.05, 4.69) is 63.2 Å². The average molecular weight is 248 g/mol. The van der Waals surface area contributed by atoms with Crippen molar-refractivity contribution in [2.45, 2.75) is 33.6 Å². The first-order valence-corrected chi connectivity index (χ1v) is 7.08. The SMILES string of the molecule is CCc1ccc2c(c1-c1ccccc1C)C=C(C)C2. The molecule has 0 fully saturated rings. The summed E-state index contributed by atoms with van der Waals surface area (Å²) in [6.07, 6.45) is 4.57. The van der Waals surface area contributed by atoms with Crippen molar-refractivity contribution in [1.29, 1.82) is 0 Å². The third-order valence-corrected chi connectivity index (χ3v) is 4.08. The summed E-state index contributed by atoms with van der Waals surface area (Å²) in [6.45, 7) is 6.68. The van der Waals surface area contributed by atoms with Crippen molar-refractivity contribution in [3.63, 3.8) is 0 Å². The van der Waals surface area contributed by atoms with Gasteiger partial charge in [-0.15, -0.1) is 0 Å². The molecule has 0 heteroatoms. The van der Waals surface area contributed by atoms with Crippen molar-refractivity contribution in [2.75, 3.05) is 0 Å². The van der Waals surface area contributed by atoms with Crippen LogP contribution in [0.15, 0.2) is 42.0 Å². The van der Waals surface area contributed by atoms with Crippen LogP contribution in [0.5, 0.6) is 0 Å². The molecule has 1 aliphatic rings. The first-order valence-electron chi connectivity index (χ1n) is 7.08. The quantitative estimate of drug-likeness (QED) is 0.686. The molecule has 0 bridgehead atoms. The molecule has 2 aromatic rings. The van der Waals surface area contributed by atoms with E-state index in [1.807, 2.05) is 0 Å². The van der Waals surface area contributed by atoms with E-state index in [1.165, 1.54) is 39.0 Å². The van der Waals surface area contributed by atoms with Crippen molar-refractivity contribution in [2.24, 2.45) is 0 Å². The van der Waals surface area contributed by atoms with Crippen molar-refractivity contribution >= 4 is 6.08 Å². The number of rotatable bonds is 2. The molecule has 0 aliphatic heterocycles. The first kappa shape index (κ1) is 12.2. The van der Waals surface area contributed by atoms with E-state index in [1.54, 1.807) is 0 Å². The van der Waals surface area contributed by atoms with E-state index in [4.69, 9.17) is 0 Å². The van der Waals surface area contributed by atoms with Crippen LogP contribution < -0.4 is 0 Å². The molecule has 0 N–H and O–H groups in total. The fourth-order valence-corrected chi connectivity index (χ4v) is 3.09. The molecule has 0 atom stereocenters. The van der Waals surface area contributed by atoms with Crippen LogP contribution in [0.25, 0.3) is 17.2 Å². The molecule has 1 aliphatic carbocycles. The molecule has 19 heavy (non-hydrogen) atoms. The van der Waals surface area contributed by atoms with E-state index in [0.717, 1.165) is 12.8 Å². The van der Waals surface area contributed by atoms with Gasteiger partial charge in [0.15, 0.2) is 0 Å². The Kier molecular flexibility index (Phi) is 3.02. The minimum absolute atomic E-state index is 1.09. The van der Waals surface area contributed by atoms with Gasteiger partial charge in [0.1, 0.15) is 0 Å². The maximum absolute atomic E-state index is 2.37. The Labute approximate surface area is 115 Å². The Morgan fingerprint density at radius 2 is 1.79 bits per heavy atom. The topological polar surface area (TPSA) is 0 Å². The molecule has 0 spiro atoms. The lowest BCUT2D eigenvalue weighted by Crippen LogP contribution is -1.95. The molecule has 0 unspecified atom stereocenters. The highest BCUT2D eigenvalue weighted by molar-refractivity contribution is 5.84. The lowest BCUT2D eigenvalue weighted by Gasteiger charge is -2.15. The largest absolute Gasteiger partial charge is 0.0683 e. The zero-order valence-electron chi connectivity index (χ0n) is 12.0. The maximum Gasteiger partial charge on any atom is -0.00604 e. The molecule has 0 heterocycles. The van der Waals surface area contributed by atoms with E-state index >= 15 is 0 Å². The molecule has 0 aromatic heterocycles. The zero-order valence-corrected chi connectivity index (χ0v) is 12.0. The number of hydrogen-bond acceptors (Lipinski definition) is 0. The van der Waals surface area contributed by atoms with Gasteiger partial charge in [-0.2, -0.15) is 0 Å². The molecule has 3 rings (SSSR count). The second kappa shape index (κ2) is 4.70. The van der Waals surface area contributed by atoms with Gasteiger partial charge in [0.25, 0.3) is 0 Å². The number of benzene rings is 2. The summed E-state index contributed by atoms with van der Waals surface area (Å²) in [7, 11) is 0. The van der Waals surface area contributed by atoms with Crippen molar-refractivity contribution in [3.05, 3.63) is 64.2 Å². The van der Waals surface area contributed by atoms with Crippen LogP contribution in [-0.4, -0.2) is 0 Å². The van der Waals surface area contributed by atoms with Crippen LogP contribution in [0.4, 0.5) is 0 Å². The monoisotopic (exact) mass is 248 g/mol. The minimum atomic E-state index is 1.09. The van der Waals surface area contributed by atoms with Crippen LogP contribution in [-0.2, 0) is 12.8 Å². The second-order valence-electron chi connectivity index (χ2n) is 5.51. The Morgan fingerprint density at radius 1 is 1.00 bits per heavy atom. The Balaban J connectivity index is 2.31. The Hall–Kier alpha value is -1.82. The molecular weight excluding hydrogens is 228 g/mol. The van der Waals surface area contributed by atoms with Crippen LogP contribution in [0.3, 0.4) is 0 Å². The Bertz CT molecular complexity index is 660. The van der Waals surface area contributed by atoms with E-state index in [-0.39, 0.29) is 0 Å². The van der Waals surface area contributed by atoms with Gasteiger partial charge in [0, 0.05) is 0 Å². The summed E-state index contributed by atoms with van der Waals surface area (Å²) in [5.74, 6) is 0. The van der Waals surface area contributed by atoms with E-state index in [9.17, 15) is 0 Å². The summed E-state index contributed by atoms with van der Waals surface area (Å²) in [5.41, 5.74) is 10.1. The van der Waals surface area contributed by atoms with Gasteiger partial charge >= 0.3 is 0 Å². The molecule has 0 nitrogen and oxygen atoms in total. The summed E-state index contributed by atoms with van der Waals surface area (Å²) in [5, 5.41) is 0. The fraction of sp³-hybridized carbons (Fsp3) is 0.263. The lowest BCUT2D eigenvalue weighted by molar-refractivity contribution is 1.12. The fourth-order valence-electron chi connectivity index (χ4n) is 3.09. The summed E-state index contributed by atoms with van der Waals surface area (Å²) >= 11 is 0. The third kappa shape index (κ3) is 2.02. The number of fused-ring (bicyclic) bond motifs is 1. The molecule has 2 aromatic carbocycles. The predicted octanol–water partition coefficient (Wildman–Crippen LogP) is 5.18. The molecular formula is C19H20. The molecule has 0 saturated carbocycles. The van der Waals surface area contributed by atoms with Crippen LogP contribution in [0.2, 0.25) is 0 Å². The Morgan fingerprint density at radius 3 is 2.53 bits per heavy atom. The maximum atomic E-state index is 2.37. The smallest absolute Gasteiger partial charge is 0.00604 e. The van der Waals surface area contributed by atoms with Crippen LogP contribution in [0.1, 0.15) is 36.1 Å². The van der Waals surface area contributed by atoms with Gasteiger partial charge in [0.2, 0.25) is 0 Å². The van der Waals surface area contributed by atoms with Crippen molar-refractivity contribution < 1.29 is 0 Å². The van der Waals surface area contributed by atoms with Crippen molar-refractivity contribution in [3.8, 4) is 11.1 Å². The van der Waals surface area contributed by atoms with Gasteiger partial charge in [-0.25, -0.2) is 0 Å². The molecule has 0 radical (unpaired) electrons. The second-order valence-corrected chi connectivity index (χ2v) is 5.51. The van der Waals surface area contributed by atoms with Gasteiger partial charge in [-0.3, -0.25) is 0 Å². The minimum Gasteiger partial charge on any atom is -0.0683 e. The van der Waals surface area contributed by atoms with E-state index in [0.29, 0.717) is 0 Å². The highest BCUT2D eigenvalue weighted by Crippen LogP contribution is 2.38. The zero-order chi connectivity index (χ0) is 13.4. The lowest BCUT2D eigenvalue weighted by atomic mass is 9.89. The van der Waals surface area contributed by atoms with Gasteiger partial charge in [-0.1, -0.05) is 55.0 Å². The normalized spacial score (nSPS) is 13.3. The number of aryl methyl sites for hydroxylation is 2. The molecule has 0 saturated heterocycles. The van der Waals surface area contributed by atoms with Gasteiger partial charge in [0.05, 0.1) is 0 Å². The third-order valence-electron chi connectivity index (χ3n) is 4.08. The summed E-state index contributed by atoms with van der Waals surface area (Å²) in [6, 6.07) is 13.3. The standard InChI is InChI=1S/C19H20/c1-4-15-9-10-16-11-13(2)12-18(16)19(15)17-8-6-5-7-14(17)3/h5-10,12H,4,11H2,1-3H3. The van der Waals surface area contributed by atoms with E-state index < -0.39 is 0 Å². The van der Waals surface area contributed by atoms with Gasteiger partial charge < -0.3 is 0 Å².